The largest absolute Gasteiger partial charge is 0.314 e. The van der Waals surface area contributed by atoms with Gasteiger partial charge < -0.3 is 4.57 Å². The molecule has 2 saturated heterocycles. The van der Waals surface area contributed by atoms with Crippen LogP contribution in [0.4, 0.5) is 0 Å². The van der Waals surface area contributed by atoms with E-state index in [-0.39, 0.29) is 0 Å². The van der Waals surface area contributed by atoms with Crippen molar-refractivity contribution in [3.8, 4) is 0 Å². The highest BCUT2D eigenvalue weighted by atomic mass is 15.3. The van der Waals surface area contributed by atoms with Gasteiger partial charge in [0.25, 0.3) is 0 Å². The molecule has 0 aromatic carbocycles. The Bertz CT molecular complexity index is 725. The van der Waals surface area contributed by atoms with E-state index < -0.39 is 0 Å². The van der Waals surface area contributed by atoms with Crippen molar-refractivity contribution in [3.05, 3.63) is 35.4 Å². The van der Waals surface area contributed by atoms with Crippen LogP contribution in [-0.4, -0.2) is 60.7 Å². The number of piperidine rings is 1. The third-order valence-corrected chi connectivity index (χ3v) is 5.93. The third kappa shape index (κ3) is 4.35. The number of aryl methyl sites for hydroxylation is 1. The first-order chi connectivity index (χ1) is 13.2. The minimum absolute atomic E-state index is 0.523. The van der Waals surface area contributed by atoms with Gasteiger partial charge in [0.2, 0.25) is 0 Å². The summed E-state index contributed by atoms with van der Waals surface area (Å²) >= 11 is 0. The van der Waals surface area contributed by atoms with Gasteiger partial charge in [0.1, 0.15) is 17.5 Å². The number of hydrogen-bond donors (Lipinski definition) is 0. The number of rotatable bonds is 6. The van der Waals surface area contributed by atoms with Crippen molar-refractivity contribution >= 4 is 0 Å². The van der Waals surface area contributed by atoms with Gasteiger partial charge in [-0.3, -0.25) is 9.80 Å². The highest BCUT2D eigenvalue weighted by Gasteiger charge is 2.26. The van der Waals surface area contributed by atoms with Crippen LogP contribution < -0.4 is 0 Å². The van der Waals surface area contributed by atoms with Gasteiger partial charge in [-0.1, -0.05) is 0 Å². The molecule has 7 heteroatoms. The van der Waals surface area contributed by atoms with Crippen molar-refractivity contribution in [1.82, 2.24) is 34.5 Å². The molecule has 2 aromatic heterocycles. The van der Waals surface area contributed by atoms with E-state index >= 15 is 0 Å². The molecule has 2 aliphatic heterocycles. The molecule has 4 heterocycles. The lowest BCUT2D eigenvalue weighted by molar-refractivity contribution is 0.199. The van der Waals surface area contributed by atoms with Crippen LogP contribution in [0.15, 0.2) is 12.4 Å². The number of aromatic nitrogens is 5. The monoisotopic (exact) mass is 369 g/mol. The lowest BCUT2D eigenvalue weighted by atomic mass is 9.95. The molecule has 0 amide bonds. The second-order valence-electron chi connectivity index (χ2n) is 7.89. The first-order valence-corrected chi connectivity index (χ1v) is 10.4. The summed E-state index contributed by atoms with van der Waals surface area (Å²) in [6.07, 6.45) is 8.83. The van der Waals surface area contributed by atoms with Gasteiger partial charge in [-0.25, -0.2) is 9.97 Å². The molecular weight excluding hydrogens is 338 g/mol. The van der Waals surface area contributed by atoms with Crippen molar-refractivity contribution in [2.75, 3.05) is 26.2 Å². The molecule has 0 saturated carbocycles. The van der Waals surface area contributed by atoms with Gasteiger partial charge in [-0.05, 0) is 65.7 Å². The first kappa shape index (κ1) is 18.5. The fraction of sp³-hybridized carbons (Fsp3) is 0.700. The molecule has 27 heavy (non-hydrogen) atoms. The normalized spacial score (nSPS) is 19.8. The SMILES string of the molecule is CCn1c(CN2CCCC2)nnc1C1CCN(Cc2cnc(C)nc2)CC1. The van der Waals surface area contributed by atoms with Crippen LogP contribution in [0.5, 0.6) is 0 Å². The fourth-order valence-corrected chi connectivity index (χ4v) is 4.36. The maximum absolute atomic E-state index is 4.62. The smallest absolute Gasteiger partial charge is 0.147 e. The van der Waals surface area contributed by atoms with Crippen LogP contribution >= 0.6 is 0 Å². The zero-order valence-electron chi connectivity index (χ0n) is 16.6. The highest BCUT2D eigenvalue weighted by Crippen LogP contribution is 2.28. The zero-order chi connectivity index (χ0) is 18.6. The molecule has 0 aliphatic carbocycles. The average molecular weight is 370 g/mol. The molecule has 0 unspecified atom stereocenters. The van der Waals surface area contributed by atoms with Crippen LogP contribution in [0.25, 0.3) is 0 Å². The molecule has 7 nitrogen and oxygen atoms in total. The standard InChI is InChI=1S/C20H31N7/c1-3-27-19(15-25-8-4-5-9-25)23-24-20(27)18-6-10-26(11-7-18)14-17-12-21-16(2)22-13-17/h12-13,18H,3-11,14-15H2,1-2H3. The molecule has 0 radical (unpaired) electrons. The summed E-state index contributed by atoms with van der Waals surface area (Å²) in [5.41, 5.74) is 1.20. The van der Waals surface area contributed by atoms with E-state index in [1.54, 1.807) is 0 Å². The predicted molar refractivity (Wildman–Crippen MR) is 104 cm³/mol. The minimum Gasteiger partial charge on any atom is -0.314 e. The van der Waals surface area contributed by atoms with E-state index in [0.717, 1.165) is 57.2 Å². The van der Waals surface area contributed by atoms with Crippen molar-refractivity contribution in [1.29, 1.82) is 0 Å². The minimum atomic E-state index is 0.523. The molecule has 146 valence electrons. The maximum Gasteiger partial charge on any atom is 0.147 e. The lowest BCUT2D eigenvalue weighted by Gasteiger charge is -2.31. The predicted octanol–water partition coefficient (Wildman–Crippen LogP) is 2.37. The summed E-state index contributed by atoms with van der Waals surface area (Å²) in [5, 5.41) is 9.18. The summed E-state index contributed by atoms with van der Waals surface area (Å²) in [7, 11) is 0. The number of hydrogen-bond acceptors (Lipinski definition) is 6. The molecule has 0 N–H and O–H groups in total. The number of nitrogens with zero attached hydrogens (tertiary/aromatic N) is 7. The molecular formula is C20H31N7. The van der Waals surface area contributed by atoms with Crippen LogP contribution in [0, 0.1) is 6.92 Å². The van der Waals surface area contributed by atoms with Crippen LogP contribution in [0.2, 0.25) is 0 Å². The van der Waals surface area contributed by atoms with Gasteiger partial charge in [0, 0.05) is 37.0 Å². The Morgan fingerprint density at radius 2 is 1.59 bits per heavy atom. The second-order valence-corrected chi connectivity index (χ2v) is 7.89. The number of likely N-dealkylation sites (tertiary alicyclic amines) is 2. The van der Waals surface area contributed by atoms with E-state index in [9.17, 15) is 0 Å². The van der Waals surface area contributed by atoms with Crippen LogP contribution in [0.1, 0.15) is 61.6 Å². The second kappa shape index (κ2) is 8.44. The van der Waals surface area contributed by atoms with Gasteiger partial charge in [0.15, 0.2) is 0 Å². The van der Waals surface area contributed by atoms with Gasteiger partial charge in [-0.2, -0.15) is 0 Å². The van der Waals surface area contributed by atoms with Crippen LogP contribution in [0.3, 0.4) is 0 Å². The van der Waals surface area contributed by atoms with Crippen molar-refractivity contribution in [2.45, 2.75) is 65.1 Å². The maximum atomic E-state index is 4.62. The Morgan fingerprint density at radius 1 is 0.926 bits per heavy atom. The Balaban J connectivity index is 1.36. The summed E-state index contributed by atoms with van der Waals surface area (Å²) in [6, 6.07) is 0. The summed E-state index contributed by atoms with van der Waals surface area (Å²) in [4.78, 5) is 13.6. The van der Waals surface area contributed by atoms with E-state index in [0.29, 0.717) is 5.92 Å². The van der Waals surface area contributed by atoms with Crippen molar-refractivity contribution in [2.24, 2.45) is 0 Å². The quantitative estimate of drug-likeness (QED) is 0.779. The van der Waals surface area contributed by atoms with E-state index in [4.69, 9.17) is 0 Å². The Labute approximate surface area is 161 Å². The third-order valence-electron chi connectivity index (χ3n) is 5.93. The zero-order valence-corrected chi connectivity index (χ0v) is 16.6. The first-order valence-electron chi connectivity index (χ1n) is 10.4. The van der Waals surface area contributed by atoms with Gasteiger partial charge in [0.05, 0.1) is 6.54 Å². The van der Waals surface area contributed by atoms with Gasteiger partial charge >= 0.3 is 0 Å². The van der Waals surface area contributed by atoms with E-state index in [1.807, 2.05) is 19.3 Å². The Kier molecular flexibility index (Phi) is 5.78. The summed E-state index contributed by atoms with van der Waals surface area (Å²) < 4.78 is 2.37. The van der Waals surface area contributed by atoms with Crippen molar-refractivity contribution in [3.63, 3.8) is 0 Å². The molecule has 2 aliphatic rings. The molecule has 0 atom stereocenters. The summed E-state index contributed by atoms with van der Waals surface area (Å²) in [5.74, 6) is 3.70. The fourth-order valence-electron chi connectivity index (χ4n) is 4.36. The van der Waals surface area contributed by atoms with E-state index in [1.165, 1.54) is 37.3 Å². The highest BCUT2D eigenvalue weighted by molar-refractivity contribution is 5.07. The summed E-state index contributed by atoms with van der Waals surface area (Å²) in [6.45, 7) is 11.6. The van der Waals surface area contributed by atoms with Crippen LogP contribution in [-0.2, 0) is 19.6 Å². The van der Waals surface area contributed by atoms with Gasteiger partial charge in [-0.15, -0.1) is 10.2 Å². The Hall–Kier alpha value is -1.86. The lowest BCUT2D eigenvalue weighted by Crippen LogP contribution is -2.33. The van der Waals surface area contributed by atoms with Crippen molar-refractivity contribution < 1.29 is 0 Å². The molecule has 0 spiro atoms. The molecule has 2 aromatic rings. The molecule has 0 bridgehead atoms. The Morgan fingerprint density at radius 3 is 2.26 bits per heavy atom. The topological polar surface area (TPSA) is 63.0 Å². The molecule has 2 fully saturated rings. The average Bonchev–Trinajstić information content (AvgIpc) is 3.34. The molecule has 4 rings (SSSR count). The van der Waals surface area contributed by atoms with E-state index in [2.05, 4.69) is 41.5 Å².